The molecule has 162 valence electrons. The molecule has 0 radical (unpaired) electrons. The number of hydroxylamine groups is 1. The summed E-state index contributed by atoms with van der Waals surface area (Å²) in [7, 11) is 0. The lowest BCUT2D eigenvalue weighted by Crippen LogP contribution is -2.57. The first-order chi connectivity index (χ1) is 13.4. The number of rotatable bonds is 8. The van der Waals surface area contributed by atoms with Crippen LogP contribution in [0.5, 0.6) is 0 Å². The predicted molar refractivity (Wildman–Crippen MR) is 113 cm³/mol. The van der Waals surface area contributed by atoms with Gasteiger partial charge in [-0.2, -0.15) is 0 Å². The summed E-state index contributed by atoms with van der Waals surface area (Å²) in [4.78, 5) is 38.7. The standard InChI is InChI=1S/C20H31ClN4O4/c1-13(2)9-10-25(12-16(26)24-29)18(27)17(20(3,4)5)23-19(28)22-15-8-6-7-14(21)11-15/h6-8,11,13,17,29H,9-10,12H2,1-5H3,(H,24,26)(H2,22,23,28)/t17-/m1/s1. The van der Waals surface area contributed by atoms with Crippen molar-refractivity contribution in [2.24, 2.45) is 11.3 Å². The Kier molecular flexibility index (Phi) is 9.39. The van der Waals surface area contributed by atoms with E-state index in [1.54, 1.807) is 29.7 Å². The van der Waals surface area contributed by atoms with Crippen LogP contribution in [0.2, 0.25) is 5.02 Å². The van der Waals surface area contributed by atoms with Crippen LogP contribution in [0.15, 0.2) is 24.3 Å². The average molecular weight is 427 g/mol. The van der Waals surface area contributed by atoms with Gasteiger partial charge in [-0.25, -0.2) is 10.3 Å². The molecule has 0 saturated carbocycles. The lowest BCUT2D eigenvalue weighted by molar-refractivity contribution is -0.142. The maximum Gasteiger partial charge on any atom is 0.319 e. The third kappa shape index (κ3) is 8.70. The Morgan fingerprint density at radius 3 is 2.38 bits per heavy atom. The number of amides is 4. The van der Waals surface area contributed by atoms with E-state index in [0.29, 0.717) is 29.6 Å². The van der Waals surface area contributed by atoms with E-state index < -0.39 is 29.3 Å². The molecule has 0 unspecified atom stereocenters. The first-order valence-electron chi connectivity index (χ1n) is 9.48. The highest BCUT2D eigenvalue weighted by Crippen LogP contribution is 2.22. The van der Waals surface area contributed by atoms with Crippen LogP contribution >= 0.6 is 11.6 Å². The number of benzene rings is 1. The number of halogens is 1. The number of urea groups is 1. The fraction of sp³-hybridized carbons (Fsp3) is 0.550. The second-order valence-electron chi connectivity index (χ2n) is 8.39. The number of hydrogen-bond acceptors (Lipinski definition) is 4. The van der Waals surface area contributed by atoms with Gasteiger partial charge >= 0.3 is 6.03 Å². The van der Waals surface area contributed by atoms with E-state index in [-0.39, 0.29) is 6.54 Å². The SMILES string of the molecule is CC(C)CCN(CC(=O)NO)C(=O)[C@@H](NC(=O)Nc1cccc(Cl)c1)C(C)(C)C. The molecule has 0 spiro atoms. The second-order valence-corrected chi connectivity index (χ2v) is 8.82. The third-order valence-electron chi connectivity index (χ3n) is 4.22. The molecule has 4 amide bonds. The first-order valence-corrected chi connectivity index (χ1v) is 9.86. The van der Waals surface area contributed by atoms with E-state index in [9.17, 15) is 14.4 Å². The van der Waals surface area contributed by atoms with Crippen molar-refractivity contribution in [1.29, 1.82) is 0 Å². The summed E-state index contributed by atoms with van der Waals surface area (Å²) in [5, 5.41) is 14.7. The molecule has 1 atom stereocenters. The van der Waals surface area contributed by atoms with Crippen molar-refractivity contribution in [3.63, 3.8) is 0 Å². The monoisotopic (exact) mass is 426 g/mol. The molecule has 8 nitrogen and oxygen atoms in total. The summed E-state index contributed by atoms with van der Waals surface area (Å²) >= 11 is 5.93. The molecule has 0 aromatic heterocycles. The van der Waals surface area contributed by atoms with Crippen molar-refractivity contribution in [3.8, 4) is 0 Å². The van der Waals surface area contributed by atoms with Crippen LogP contribution in [0.4, 0.5) is 10.5 Å². The van der Waals surface area contributed by atoms with Crippen LogP contribution in [0.25, 0.3) is 0 Å². The van der Waals surface area contributed by atoms with E-state index in [1.807, 2.05) is 34.6 Å². The van der Waals surface area contributed by atoms with Gasteiger partial charge in [0.25, 0.3) is 5.91 Å². The lowest BCUT2D eigenvalue weighted by Gasteiger charge is -2.35. The highest BCUT2D eigenvalue weighted by molar-refractivity contribution is 6.30. The summed E-state index contributed by atoms with van der Waals surface area (Å²) in [6.07, 6.45) is 0.677. The second kappa shape index (κ2) is 11.0. The Labute approximate surface area is 176 Å². The molecule has 9 heteroatoms. The summed E-state index contributed by atoms with van der Waals surface area (Å²) in [5.74, 6) is -0.782. The van der Waals surface area contributed by atoms with Gasteiger partial charge < -0.3 is 15.5 Å². The van der Waals surface area contributed by atoms with Crippen LogP contribution in [0, 0.1) is 11.3 Å². The van der Waals surface area contributed by atoms with Crippen LogP contribution in [0.1, 0.15) is 41.0 Å². The maximum absolute atomic E-state index is 13.2. The largest absolute Gasteiger partial charge is 0.331 e. The van der Waals surface area contributed by atoms with Gasteiger partial charge in [0, 0.05) is 17.3 Å². The highest BCUT2D eigenvalue weighted by atomic mass is 35.5. The highest BCUT2D eigenvalue weighted by Gasteiger charge is 2.36. The smallest absolute Gasteiger partial charge is 0.319 e. The molecule has 0 fully saturated rings. The number of carbonyl (C=O) groups is 3. The maximum atomic E-state index is 13.2. The molecule has 0 aliphatic heterocycles. The van der Waals surface area contributed by atoms with Crippen LogP contribution in [-0.2, 0) is 9.59 Å². The summed E-state index contributed by atoms with van der Waals surface area (Å²) in [6, 6.07) is 5.21. The number of anilines is 1. The Bertz CT molecular complexity index is 719. The van der Waals surface area contributed by atoms with Crippen LogP contribution in [0.3, 0.4) is 0 Å². The molecule has 0 aliphatic rings. The number of carbonyl (C=O) groups excluding carboxylic acids is 3. The van der Waals surface area contributed by atoms with Gasteiger partial charge in [-0.05, 0) is 36.0 Å². The minimum Gasteiger partial charge on any atom is -0.331 e. The molecule has 0 aliphatic carbocycles. The summed E-state index contributed by atoms with van der Waals surface area (Å²) < 4.78 is 0. The van der Waals surface area contributed by atoms with E-state index in [2.05, 4.69) is 10.6 Å². The number of hydrogen-bond donors (Lipinski definition) is 4. The molecule has 1 aromatic carbocycles. The van der Waals surface area contributed by atoms with Crippen molar-refractivity contribution < 1.29 is 19.6 Å². The van der Waals surface area contributed by atoms with Gasteiger partial charge in [0.1, 0.15) is 12.6 Å². The number of nitrogens with one attached hydrogen (secondary N) is 3. The van der Waals surface area contributed by atoms with Gasteiger partial charge in [-0.3, -0.25) is 14.8 Å². The van der Waals surface area contributed by atoms with Crippen LogP contribution in [-0.4, -0.2) is 47.1 Å². The molecule has 1 rings (SSSR count). The van der Waals surface area contributed by atoms with E-state index in [0.717, 1.165) is 0 Å². The van der Waals surface area contributed by atoms with Crippen molar-refractivity contribution in [2.75, 3.05) is 18.4 Å². The zero-order valence-corrected chi connectivity index (χ0v) is 18.3. The van der Waals surface area contributed by atoms with Gasteiger partial charge in [0.15, 0.2) is 0 Å². The minimum absolute atomic E-state index is 0.299. The van der Waals surface area contributed by atoms with Crippen molar-refractivity contribution >= 4 is 35.1 Å². The zero-order valence-electron chi connectivity index (χ0n) is 17.6. The third-order valence-corrected chi connectivity index (χ3v) is 4.45. The fourth-order valence-corrected chi connectivity index (χ4v) is 2.78. The Morgan fingerprint density at radius 2 is 1.86 bits per heavy atom. The quantitative estimate of drug-likeness (QED) is 0.377. The zero-order chi connectivity index (χ0) is 22.2. The van der Waals surface area contributed by atoms with E-state index >= 15 is 0 Å². The van der Waals surface area contributed by atoms with Gasteiger partial charge in [-0.1, -0.05) is 52.3 Å². The molecular formula is C20H31ClN4O4. The van der Waals surface area contributed by atoms with Gasteiger partial charge in [0.05, 0.1) is 0 Å². The fourth-order valence-electron chi connectivity index (χ4n) is 2.59. The molecule has 0 bridgehead atoms. The molecule has 0 heterocycles. The number of nitrogens with zero attached hydrogens (tertiary/aromatic N) is 1. The van der Waals surface area contributed by atoms with Gasteiger partial charge in [0.2, 0.25) is 5.91 Å². The molecule has 1 aromatic rings. The summed E-state index contributed by atoms with van der Waals surface area (Å²) in [5.41, 5.74) is 1.42. The Morgan fingerprint density at radius 1 is 1.21 bits per heavy atom. The summed E-state index contributed by atoms with van der Waals surface area (Å²) in [6.45, 7) is 9.51. The Hall–Kier alpha value is -2.32. The van der Waals surface area contributed by atoms with Gasteiger partial charge in [-0.15, -0.1) is 0 Å². The topological polar surface area (TPSA) is 111 Å². The lowest BCUT2D eigenvalue weighted by atomic mass is 9.85. The van der Waals surface area contributed by atoms with E-state index in [1.165, 1.54) is 4.90 Å². The first kappa shape index (κ1) is 24.7. The molecule has 4 N–H and O–H groups in total. The van der Waals surface area contributed by atoms with Crippen molar-refractivity contribution in [3.05, 3.63) is 29.3 Å². The molecule has 29 heavy (non-hydrogen) atoms. The normalized spacial score (nSPS) is 12.3. The predicted octanol–water partition coefficient (Wildman–Crippen LogP) is 3.26. The molecule has 0 saturated heterocycles. The minimum atomic E-state index is -0.889. The van der Waals surface area contributed by atoms with Crippen molar-refractivity contribution in [2.45, 2.75) is 47.1 Å². The molecular weight excluding hydrogens is 396 g/mol. The Balaban J connectivity index is 2.98. The van der Waals surface area contributed by atoms with Crippen LogP contribution < -0.4 is 16.1 Å². The van der Waals surface area contributed by atoms with E-state index in [4.69, 9.17) is 16.8 Å². The van der Waals surface area contributed by atoms with Crippen molar-refractivity contribution in [1.82, 2.24) is 15.7 Å². The average Bonchev–Trinajstić information content (AvgIpc) is 2.61.